The molecule has 1 aliphatic rings. The van der Waals surface area contributed by atoms with Gasteiger partial charge in [0.05, 0.1) is 6.04 Å². The Morgan fingerprint density at radius 3 is 2.70 bits per heavy atom. The zero-order valence-electron chi connectivity index (χ0n) is 12.3. The first kappa shape index (κ1) is 15.0. The maximum Gasteiger partial charge on any atom is 0.242 e. The fourth-order valence-corrected chi connectivity index (χ4v) is 2.76. The molecular formula is C16H24N2O2. The first-order valence-corrected chi connectivity index (χ1v) is 7.27. The van der Waals surface area contributed by atoms with Gasteiger partial charge in [-0.25, -0.2) is 0 Å². The lowest BCUT2D eigenvalue weighted by atomic mass is 9.77. The van der Waals surface area contributed by atoms with Crippen molar-refractivity contribution >= 4 is 11.6 Å². The quantitative estimate of drug-likeness (QED) is 0.787. The molecule has 4 heteroatoms. The lowest BCUT2D eigenvalue weighted by Crippen LogP contribution is -2.53. The van der Waals surface area contributed by atoms with E-state index in [9.17, 15) is 4.79 Å². The molecule has 0 bridgehead atoms. The molecule has 0 aromatic heterocycles. The minimum absolute atomic E-state index is 0.0147. The van der Waals surface area contributed by atoms with Crippen LogP contribution in [-0.4, -0.2) is 30.2 Å². The van der Waals surface area contributed by atoms with E-state index in [1.807, 2.05) is 24.3 Å². The number of rotatable bonds is 4. The molecule has 1 aromatic carbocycles. The summed E-state index contributed by atoms with van der Waals surface area (Å²) in [5.74, 6) is 0.0320. The van der Waals surface area contributed by atoms with Gasteiger partial charge in [-0.05, 0) is 48.9 Å². The van der Waals surface area contributed by atoms with Crippen molar-refractivity contribution in [1.82, 2.24) is 5.32 Å². The molecule has 110 valence electrons. The summed E-state index contributed by atoms with van der Waals surface area (Å²) in [4.78, 5) is 12.4. The van der Waals surface area contributed by atoms with E-state index < -0.39 is 0 Å². The molecule has 0 aliphatic carbocycles. The zero-order chi connectivity index (χ0) is 14.6. The van der Waals surface area contributed by atoms with Crippen molar-refractivity contribution in [1.29, 1.82) is 0 Å². The van der Waals surface area contributed by atoms with Crippen LogP contribution in [0.15, 0.2) is 24.3 Å². The van der Waals surface area contributed by atoms with Crippen LogP contribution in [0, 0.1) is 5.41 Å². The average Bonchev–Trinajstić information content (AvgIpc) is 2.40. The molecule has 2 rings (SSSR count). The van der Waals surface area contributed by atoms with Crippen LogP contribution in [0.25, 0.3) is 0 Å². The van der Waals surface area contributed by atoms with Crippen LogP contribution < -0.4 is 10.6 Å². The van der Waals surface area contributed by atoms with E-state index in [2.05, 4.69) is 24.5 Å². The first-order chi connectivity index (χ1) is 9.53. The van der Waals surface area contributed by atoms with Crippen molar-refractivity contribution in [2.75, 3.05) is 18.5 Å². The number of nitrogens with one attached hydrogen (secondary N) is 2. The second-order valence-corrected chi connectivity index (χ2v) is 6.14. The van der Waals surface area contributed by atoms with Crippen LogP contribution >= 0.6 is 0 Å². The van der Waals surface area contributed by atoms with Gasteiger partial charge in [0.2, 0.25) is 5.91 Å². The van der Waals surface area contributed by atoms with Crippen molar-refractivity contribution in [2.24, 2.45) is 5.41 Å². The van der Waals surface area contributed by atoms with E-state index in [0.29, 0.717) is 6.42 Å². The molecule has 3 N–H and O–H groups in total. The van der Waals surface area contributed by atoms with E-state index in [-0.39, 0.29) is 24.0 Å². The van der Waals surface area contributed by atoms with E-state index in [0.717, 1.165) is 30.6 Å². The summed E-state index contributed by atoms with van der Waals surface area (Å²) in [6.45, 7) is 5.31. The molecule has 1 fully saturated rings. The maximum absolute atomic E-state index is 12.4. The zero-order valence-corrected chi connectivity index (χ0v) is 12.3. The Kier molecular flexibility index (Phi) is 4.78. The highest BCUT2D eigenvalue weighted by atomic mass is 16.2. The number of hydrogen-bond acceptors (Lipinski definition) is 3. The first-order valence-electron chi connectivity index (χ1n) is 7.27. The molecule has 0 spiro atoms. The second kappa shape index (κ2) is 6.37. The minimum atomic E-state index is -0.145. The van der Waals surface area contributed by atoms with Crippen molar-refractivity contribution in [3.8, 4) is 0 Å². The van der Waals surface area contributed by atoms with Crippen molar-refractivity contribution < 1.29 is 9.90 Å². The highest BCUT2D eigenvalue weighted by molar-refractivity contribution is 5.95. The van der Waals surface area contributed by atoms with E-state index in [4.69, 9.17) is 5.11 Å². The molecule has 1 aliphatic heterocycles. The van der Waals surface area contributed by atoms with Gasteiger partial charge < -0.3 is 15.7 Å². The number of anilines is 1. The van der Waals surface area contributed by atoms with Crippen LogP contribution in [0.1, 0.15) is 32.3 Å². The van der Waals surface area contributed by atoms with E-state index in [1.54, 1.807) is 0 Å². The Labute approximate surface area is 120 Å². The summed E-state index contributed by atoms with van der Waals surface area (Å²) in [6, 6.07) is 7.50. The van der Waals surface area contributed by atoms with Gasteiger partial charge in [-0.1, -0.05) is 26.0 Å². The van der Waals surface area contributed by atoms with Gasteiger partial charge in [-0.2, -0.15) is 0 Å². The number of amides is 1. The van der Waals surface area contributed by atoms with E-state index >= 15 is 0 Å². The summed E-state index contributed by atoms with van der Waals surface area (Å²) in [7, 11) is 0. The van der Waals surface area contributed by atoms with Crippen molar-refractivity contribution in [3.63, 3.8) is 0 Å². The van der Waals surface area contributed by atoms with Crippen LogP contribution in [0.3, 0.4) is 0 Å². The molecule has 1 amide bonds. The highest BCUT2D eigenvalue weighted by Crippen LogP contribution is 2.30. The third-order valence-corrected chi connectivity index (χ3v) is 4.01. The Morgan fingerprint density at radius 1 is 1.40 bits per heavy atom. The van der Waals surface area contributed by atoms with Crippen LogP contribution in [0.2, 0.25) is 0 Å². The third-order valence-electron chi connectivity index (χ3n) is 4.01. The summed E-state index contributed by atoms with van der Waals surface area (Å²) in [5, 5.41) is 15.2. The van der Waals surface area contributed by atoms with Crippen molar-refractivity contribution in [3.05, 3.63) is 29.8 Å². The number of hydrogen-bond donors (Lipinski definition) is 3. The molecule has 4 nitrogen and oxygen atoms in total. The molecule has 1 heterocycles. The normalized spacial score (nSPS) is 21.4. The second-order valence-electron chi connectivity index (χ2n) is 6.14. The Hall–Kier alpha value is -1.39. The number of piperidine rings is 1. The fraction of sp³-hybridized carbons (Fsp3) is 0.562. The lowest BCUT2D eigenvalue weighted by Gasteiger charge is -2.38. The Morgan fingerprint density at radius 2 is 2.10 bits per heavy atom. The largest absolute Gasteiger partial charge is 0.396 e. The standard InChI is InChI=1S/C16H24N2O2/c1-16(2)9-3-10-17-14(16)15(20)18-13-6-4-12(5-7-13)8-11-19/h4-7,14,17,19H,3,8-11H2,1-2H3,(H,18,20). The molecule has 1 atom stereocenters. The van der Waals surface area contributed by atoms with Crippen LogP contribution in [0.5, 0.6) is 0 Å². The van der Waals surface area contributed by atoms with Crippen LogP contribution in [0.4, 0.5) is 5.69 Å². The summed E-state index contributed by atoms with van der Waals surface area (Å²) in [5.41, 5.74) is 1.86. The third kappa shape index (κ3) is 3.58. The SMILES string of the molecule is CC1(C)CCCNC1C(=O)Nc1ccc(CCO)cc1. The minimum Gasteiger partial charge on any atom is -0.396 e. The lowest BCUT2D eigenvalue weighted by molar-refractivity contribution is -0.121. The predicted octanol–water partition coefficient (Wildman–Crippen LogP) is 1.94. The molecular weight excluding hydrogens is 252 g/mol. The van der Waals surface area contributed by atoms with Crippen molar-refractivity contribution in [2.45, 2.75) is 39.2 Å². The summed E-state index contributed by atoms with van der Waals surface area (Å²) >= 11 is 0. The van der Waals surface area contributed by atoms with Gasteiger partial charge in [0, 0.05) is 12.3 Å². The number of aliphatic hydroxyl groups excluding tert-OH is 1. The Bertz CT molecular complexity index is 454. The topological polar surface area (TPSA) is 61.4 Å². The van der Waals surface area contributed by atoms with Gasteiger partial charge in [0.25, 0.3) is 0 Å². The van der Waals surface area contributed by atoms with Gasteiger partial charge in [-0.3, -0.25) is 4.79 Å². The number of aliphatic hydroxyl groups is 1. The molecule has 1 unspecified atom stereocenters. The van der Waals surface area contributed by atoms with Gasteiger partial charge in [0.15, 0.2) is 0 Å². The average molecular weight is 276 g/mol. The maximum atomic E-state index is 12.4. The molecule has 0 saturated carbocycles. The monoisotopic (exact) mass is 276 g/mol. The molecule has 1 saturated heterocycles. The Balaban J connectivity index is 2.00. The molecule has 20 heavy (non-hydrogen) atoms. The number of benzene rings is 1. The predicted molar refractivity (Wildman–Crippen MR) is 80.7 cm³/mol. The number of carbonyl (C=O) groups excluding carboxylic acids is 1. The fourth-order valence-electron chi connectivity index (χ4n) is 2.76. The molecule has 1 aromatic rings. The molecule has 0 radical (unpaired) electrons. The van der Waals surface area contributed by atoms with Crippen LogP contribution in [-0.2, 0) is 11.2 Å². The smallest absolute Gasteiger partial charge is 0.242 e. The van der Waals surface area contributed by atoms with Gasteiger partial charge in [0.1, 0.15) is 0 Å². The summed E-state index contributed by atoms with van der Waals surface area (Å²) < 4.78 is 0. The summed E-state index contributed by atoms with van der Waals surface area (Å²) in [6.07, 6.45) is 2.82. The van der Waals surface area contributed by atoms with Gasteiger partial charge in [-0.15, -0.1) is 0 Å². The van der Waals surface area contributed by atoms with Gasteiger partial charge >= 0.3 is 0 Å². The number of carbonyl (C=O) groups is 1. The van der Waals surface area contributed by atoms with E-state index in [1.165, 1.54) is 0 Å². The highest BCUT2D eigenvalue weighted by Gasteiger charge is 2.36.